The van der Waals surface area contributed by atoms with Crippen LogP contribution in [0.2, 0.25) is 0 Å². The molecule has 1 amide bonds. The fourth-order valence-corrected chi connectivity index (χ4v) is 2.32. The zero-order chi connectivity index (χ0) is 17.4. The van der Waals surface area contributed by atoms with E-state index in [0.29, 0.717) is 11.1 Å². The standard InChI is InChI=1S/C19H18N2O3/c1-14(22)21-18(15-7-3-2-4-8-15)11-19(23)24-13-17-10-6-5-9-16(17)12-20/h2-10,18H,11,13H2,1H3,(H,21,22)/t18-/m1/s1. The quantitative estimate of drug-likeness (QED) is 0.829. The van der Waals surface area contributed by atoms with E-state index in [0.717, 1.165) is 5.56 Å². The summed E-state index contributed by atoms with van der Waals surface area (Å²) in [7, 11) is 0. The Hall–Kier alpha value is -3.13. The lowest BCUT2D eigenvalue weighted by molar-refractivity contribution is -0.145. The van der Waals surface area contributed by atoms with Crippen LogP contribution in [0.3, 0.4) is 0 Å². The van der Waals surface area contributed by atoms with Crippen molar-refractivity contribution in [2.45, 2.75) is 26.0 Å². The molecule has 0 spiro atoms. The summed E-state index contributed by atoms with van der Waals surface area (Å²) in [5.74, 6) is -0.656. The molecule has 0 heterocycles. The maximum Gasteiger partial charge on any atom is 0.308 e. The van der Waals surface area contributed by atoms with Crippen LogP contribution in [-0.4, -0.2) is 11.9 Å². The number of esters is 1. The number of nitrogens with zero attached hydrogens (tertiary/aromatic N) is 1. The zero-order valence-electron chi connectivity index (χ0n) is 13.4. The Labute approximate surface area is 140 Å². The van der Waals surface area contributed by atoms with E-state index in [9.17, 15) is 9.59 Å². The summed E-state index contributed by atoms with van der Waals surface area (Å²) in [6, 6.07) is 17.8. The SMILES string of the molecule is CC(=O)N[C@H](CC(=O)OCc1ccccc1C#N)c1ccccc1. The molecule has 0 saturated carbocycles. The Balaban J connectivity index is 2.00. The predicted octanol–water partition coefficient (Wildman–Crippen LogP) is 2.87. The number of benzene rings is 2. The molecule has 0 aliphatic carbocycles. The maximum absolute atomic E-state index is 12.1. The second-order valence-corrected chi connectivity index (χ2v) is 5.30. The van der Waals surface area contributed by atoms with Gasteiger partial charge in [0.2, 0.25) is 5.91 Å². The van der Waals surface area contributed by atoms with Gasteiger partial charge in [-0.15, -0.1) is 0 Å². The number of hydrogen-bond donors (Lipinski definition) is 1. The molecule has 122 valence electrons. The van der Waals surface area contributed by atoms with Crippen LogP contribution in [0.4, 0.5) is 0 Å². The fraction of sp³-hybridized carbons (Fsp3) is 0.211. The van der Waals surface area contributed by atoms with Gasteiger partial charge in [-0.1, -0.05) is 48.5 Å². The first-order valence-electron chi connectivity index (χ1n) is 7.56. The summed E-state index contributed by atoms with van der Waals surface area (Å²) >= 11 is 0. The average Bonchev–Trinajstić information content (AvgIpc) is 2.60. The predicted molar refractivity (Wildman–Crippen MR) is 88.6 cm³/mol. The summed E-state index contributed by atoms with van der Waals surface area (Å²) < 4.78 is 5.26. The first-order chi connectivity index (χ1) is 11.6. The average molecular weight is 322 g/mol. The zero-order valence-corrected chi connectivity index (χ0v) is 13.4. The Morgan fingerprint density at radius 3 is 2.46 bits per heavy atom. The third kappa shape index (κ3) is 4.96. The highest BCUT2D eigenvalue weighted by Gasteiger charge is 2.18. The van der Waals surface area contributed by atoms with Crippen LogP contribution in [0.1, 0.15) is 36.1 Å². The molecule has 0 unspecified atom stereocenters. The molecule has 0 aliphatic heterocycles. The molecule has 24 heavy (non-hydrogen) atoms. The normalized spacial score (nSPS) is 11.2. The highest BCUT2D eigenvalue weighted by molar-refractivity contribution is 5.76. The molecule has 0 bridgehead atoms. The smallest absolute Gasteiger partial charge is 0.308 e. The Morgan fingerprint density at radius 1 is 1.12 bits per heavy atom. The van der Waals surface area contributed by atoms with E-state index < -0.39 is 12.0 Å². The second kappa shape index (κ2) is 8.49. The van der Waals surface area contributed by atoms with Crippen molar-refractivity contribution in [1.82, 2.24) is 5.32 Å². The molecule has 5 nitrogen and oxygen atoms in total. The van der Waals surface area contributed by atoms with E-state index in [2.05, 4.69) is 11.4 Å². The highest BCUT2D eigenvalue weighted by atomic mass is 16.5. The molecule has 2 aromatic rings. The molecule has 0 aliphatic rings. The van der Waals surface area contributed by atoms with Gasteiger partial charge in [-0.05, 0) is 11.6 Å². The van der Waals surface area contributed by atoms with E-state index >= 15 is 0 Å². The molecule has 5 heteroatoms. The monoisotopic (exact) mass is 322 g/mol. The lowest BCUT2D eigenvalue weighted by Gasteiger charge is -2.17. The van der Waals surface area contributed by atoms with Crippen molar-refractivity contribution in [3.8, 4) is 6.07 Å². The second-order valence-electron chi connectivity index (χ2n) is 5.30. The van der Waals surface area contributed by atoms with Gasteiger partial charge in [-0.25, -0.2) is 0 Å². The number of rotatable bonds is 6. The van der Waals surface area contributed by atoms with E-state index in [-0.39, 0.29) is 18.9 Å². The van der Waals surface area contributed by atoms with E-state index in [1.807, 2.05) is 30.3 Å². The van der Waals surface area contributed by atoms with Gasteiger partial charge < -0.3 is 10.1 Å². The van der Waals surface area contributed by atoms with Gasteiger partial charge in [0.15, 0.2) is 0 Å². The summed E-state index contributed by atoms with van der Waals surface area (Å²) in [5, 5.41) is 11.8. The number of carbonyl (C=O) groups excluding carboxylic acids is 2. The van der Waals surface area contributed by atoms with Crippen molar-refractivity contribution in [2.75, 3.05) is 0 Å². The first-order valence-corrected chi connectivity index (χ1v) is 7.56. The van der Waals surface area contributed by atoms with Crippen LogP contribution < -0.4 is 5.32 Å². The highest BCUT2D eigenvalue weighted by Crippen LogP contribution is 2.18. The topological polar surface area (TPSA) is 79.2 Å². The molecule has 2 aromatic carbocycles. The van der Waals surface area contributed by atoms with Gasteiger partial charge >= 0.3 is 5.97 Å². The Bertz CT molecular complexity index is 751. The number of nitrogens with one attached hydrogen (secondary N) is 1. The van der Waals surface area contributed by atoms with Crippen LogP contribution in [-0.2, 0) is 20.9 Å². The first kappa shape index (κ1) is 17.2. The van der Waals surface area contributed by atoms with Crippen LogP contribution >= 0.6 is 0 Å². The van der Waals surface area contributed by atoms with E-state index in [1.165, 1.54) is 6.92 Å². The van der Waals surface area contributed by atoms with Gasteiger partial charge in [-0.3, -0.25) is 9.59 Å². The minimum Gasteiger partial charge on any atom is -0.461 e. The lowest BCUT2D eigenvalue weighted by Crippen LogP contribution is -2.28. The van der Waals surface area contributed by atoms with Crippen LogP contribution in [0, 0.1) is 11.3 Å². The van der Waals surface area contributed by atoms with Crippen molar-refractivity contribution < 1.29 is 14.3 Å². The summed E-state index contributed by atoms with van der Waals surface area (Å²) in [6.07, 6.45) is 0.0261. The molecular weight excluding hydrogens is 304 g/mol. The number of carbonyl (C=O) groups is 2. The minimum atomic E-state index is -0.442. The number of ether oxygens (including phenoxy) is 1. The van der Waals surface area contributed by atoms with Crippen LogP contribution in [0.25, 0.3) is 0 Å². The van der Waals surface area contributed by atoms with Gasteiger partial charge in [0.1, 0.15) is 6.61 Å². The molecular formula is C19H18N2O3. The fourth-order valence-electron chi connectivity index (χ4n) is 2.32. The van der Waals surface area contributed by atoms with Gasteiger partial charge in [0.25, 0.3) is 0 Å². The molecule has 0 aromatic heterocycles. The minimum absolute atomic E-state index is 0.0261. The van der Waals surface area contributed by atoms with E-state index in [1.54, 1.807) is 24.3 Å². The van der Waals surface area contributed by atoms with E-state index in [4.69, 9.17) is 10.00 Å². The van der Waals surface area contributed by atoms with Crippen LogP contribution in [0.15, 0.2) is 54.6 Å². The number of nitriles is 1. The molecule has 1 atom stereocenters. The molecule has 0 fully saturated rings. The van der Waals surface area contributed by atoms with Crippen LogP contribution in [0.5, 0.6) is 0 Å². The van der Waals surface area contributed by atoms with Gasteiger partial charge in [-0.2, -0.15) is 5.26 Å². The summed E-state index contributed by atoms with van der Waals surface area (Å²) in [6.45, 7) is 1.44. The maximum atomic E-state index is 12.1. The van der Waals surface area contributed by atoms with Crippen molar-refractivity contribution in [1.29, 1.82) is 5.26 Å². The van der Waals surface area contributed by atoms with Gasteiger partial charge in [0.05, 0.1) is 24.1 Å². The largest absolute Gasteiger partial charge is 0.461 e. The van der Waals surface area contributed by atoms with Crippen molar-refractivity contribution in [3.05, 3.63) is 71.3 Å². The summed E-state index contributed by atoms with van der Waals surface area (Å²) in [4.78, 5) is 23.5. The lowest BCUT2D eigenvalue weighted by atomic mass is 10.0. The molecule has 2 rings (SSSR count). The molecule has 1 N–H and O–H groups in total. The Kier molecular flexibility index (Phi) is 6.09. The number of amides is 1. The number of hydrogen-bond acceptors (Lipinski definition) is 4. The molecule has 0 radical (unpaired) electrons. The van der Waals surface area contributed by atoms with Crippen molar-refractivity contribution in [2.24, 2.45) is 0 Å². The van der Waals surface area contributed by atoms with Crippen molar-refractivity contribution >= 4 is 11.9 Å². The Morgan fingerprint density at radius 2 is 1.79 bits per heavy atom. The molecule has 0 saturated heterocycles. The third-order valence-corrected chi connectivity index (χ3v) is 3.48. The van der Waals surface area contributed by atoms with Crippen molar-refractivity contribution in [3.63, 3.8) is 0 Å². The van der Waals surface area contributed by atoms with Gasteiger partial charge in [0, 0.05) is 12.5 Å². The summed E-state index contributed by atoms with van der Waals surface area (Å²) in [5.41, 5.74) is 1.97. The third-order valence-electron chi connectivity index (χ3n) is 3.48.